The van der Waals surface area contributed by atoms with Gasteiger partial charge in [-0.25, -0.2) is 19.2 Å². The number of anilines is 1. The second-order valence-corrected chi connectivity index (χ2v) is 6.45. The predicted octanol–water partition coefficient (Wildman–Crippen LogP) is 2.76. The van der Waals surface area contributed by atoms with Crippen molar-refractivity contribution >= 4 is 11.8 Å². The molecule has 0 radical (unpaired) electrons. The average Bonchev–Trinajstić information content (AvgIpc) is 2.52. The number of halogens is 1. The van der Waals surface area contributed by atoms with E-state index < -0.39 is 12.0 Å². The molecule has 24 heavy (non-hydrogen) atoms. The fourth-order valence-corrected chi connectivity index (χ4v) is 2.11. The van der Waals surface area contributed by atoms with E-state index in [9.17, 15) is 19.4 Å². The largest absolute Gasteiger partial charge is 0.475 e. The Balaban J connectivity index is 2.37. The van der Waals surface area contributed by atoms with Crippen molar-refractivity contribution in [3.63, 3.8) is 0 Å². The summed E-state index contributed by atoms with van der Waals surface area (Å²) in [7, 11) is 0. The van der Waals surface area contributed by atoms with Crippen LogP contribution in [0.25, 0.3) is 0 Å². The standard InChI is InChI=1S/C17H20FN3O3/c1-17(2,3)13-8-14(21-15(20-13)16(23)24)19-12(9-22)10-4-6-11(18)7-5-10/h4-8,12,22H,9H2,1-3H3,(H,23,24)(H,19,20,21). The maximum Gasteiger partial charge on any atom is 0.374 e. The van der Waals surface area contributed by atoms with Crippen molar-refractivity contribution in [1.82, 2.24) is 9.97 Å². The third kappa shape index (κ3) is 4.26. The summed E-state index contributed by atoms with van der Waals surface area (Å²) in [6, 6.07) is 6.79. The van der Waals surface area contributed by atoms with E-state index in [2.05, 4.69) is 15.3 Å². The fraction of sp³-hybridized carbons (Fsp3) is 0.353. The molecule has 3 N–H and O–H groups in total. The molecule has 0 aliphatic rings. The van der Waals surface area contributed by atoms with Crippen LogP contribution < -0.4 is 5.32 Å². The van der Waals surface area contributed by atoms with Crippen LogP contribution in [0.2, 0.25) is 0 Å². The number of aliphatic hydroxyl groups excluding tert-OH is 1. The number of hydrogen-bond acceptors (Lipinski definition) is 5. The smallest absolute Gasteiger partial charge is 0.374 e. The highest BCUT2D eigenvalue weighted by Crippen LogP contribution is 2.25. The van der Waals surface area contributed by atoms with Crippen molar-refractivity contribution in [3.05, 3.63) is 53.2 Å². The monoisotopic (exact) mass is 333 g/mol. The lowest BCUT2D eigenvalue weighted by Crippen LogP contribution is -2.21. The van der Waals surface area contributed by atoms with Gasteiger partial charge in [-0.05, 0) is 17.7 Å². The molecule has 0 aliphatic heterocycles. The summed E-state index contributed by atoms with van der Waals surface area (Å²) in [6.45, 7) is 5.47. The number of carboxylic acid groups (broad SMARTS) is 1. The second kappa shape index (κ2) is 6.92. The van der Waals surface area contributed by atoms with Gasteiger partial charge >= 0.3 is 5.97 Å². The number of carbonyl (C=O) groups is 1. The van der Waals surface area contributed by atoms with Gasteiger partial charge in [-0.3, -0.25) is 0 Å². The van der Waals surface area contributed by atoms with Crippen LogP contribution >= 0.6 is 0 Å². The minimum absolute atomic E-state index is 0.261. The van der Waals surface area contributed by atoms with Crippen LogP contribution in [0.4, 0.5) is 10.2 Å². The summed E-state index contributed by atoms with van der Waals surface area (Å²) >= 11 is 0. The fourth-order valence-electron chi connectivity index (χ4n) is 2.11. The number of nitrogens with zero attached hydrogens (tertiary/aromatic N) is 2. The zero-order chi connectivity index (χ0) is 17.9. The number of benzene rings is 1. The second-order valence-electron chi connectivity index (χ2n) is 6.45. The van der Waals surface area contributed by atoms with Crippen molar-refractivity contribution in [2.24, 2.45) is 0 Å². The quantitative estimate of drug-likeness (QED) is 0.779. The van der Waals surface area contributed by atoms with Crippen LogP contribution in [0.3, 0.4) is 0 Å². The van der Waals surface area contributed by atoms with Gasteiger partial charge in [0.25, 0.3) is 0 Å². The highest BCUT2D eigenvalue weighted by molar-refractivity contribution is 5.83. The first-order valence-corrected chi connectivity index (χ1v) is 7.46. The number of hydrogen-bond donors (Lipinski definition) is 3. The highest BCUT2D eigenvalue weighted by Gasteiger charge is 2.21. The molecule has 1 heterocycles. The van der Waals surface area contributed by atoms with E-state index in [4.69, 9.17) is 0 Å². The zero-order valence-electron chi connectivity index (χ0n) is 13.7. The summed E-state index contributed by atoms with van der Waals surface area (Å²) in [5, 5.41) is 21.8. The van der Waals surface area contributed by atoms with Gasteiger partial charge in [0.2, 0.25) is 5.82 Å². The van der Waals surface area contributed by atoms with Gasteiger partial charge in [0.15, 0.2) is 0 Å². The summed E-state index contributed by atoms with van der Waals surface area (Å²) < 4.78 is 13.0. The molecule has 0 aliphatic carbocycles. The van der Waals surface area contributed by atoms with Crippen molar-refractivity contribution in [2.45, 2.75) is 32.2 Å². The van der Waals surface area contributed by atoms with Gasteiger partial charge in [0.05, 0.1) is 18.3 Å². The predicted molar refractivity (Wildman–Crippen MR) is 87.5 cm³/mol. The molecule has 1 atom stereocenters. The number of aliphatic hydroxyl groups is 1. The molecule has 2 aromatic rings. The van der Waals surface area contributed by atoms with Crippen LogP contribution in [0.1, 0.15) is 48.7 Å². The first-order valence-electron chi connectivity index (χ1n) is 7.46. The van der Waals surface area contributed by atoms with Crippen molar-refractivity contribution < 1.29 is 19.4 Å². The van der Waals surface area contributed by atoms with Gasteiger partial charge in [-0.15, -0.1) is 0 Å². The summed E-state index contributed by atoms with van der Waals surface area (Å²) in [5.41, 5.74) is 0.855. The first kappa shape index (κ1) is 17.8. The lowest BCUT2D eigenvalue weighted by Gasteiger charge is -2.21. The van der Waals surface area contributed by atoms with Gasteiger partial charge in [-0.2, -0.15) is 0 Å². The average molecular weight is 333 g/mol. The van der Waals surface area contributed by atoms with Gasteiger partial charge in [-0.1, -0.05) is 32.9 Å². The Labute approximate surface area is 139 Å². The first-order chi connectivity index (χ1) is 11.2. The van der Waals surface area contributed by atoms with E-state index >= 15 is 0 Å². The molecule has 0 amide bonds. The maximum absolute atomic E-state index is 13.0. The normalized spacial score (nSPS) is 12.7. The molecule has 1 aromatic heterocycles. The van der Waals surface area contributed by atoms with Crippen molar-refractivity contribution in [3.8, 4) is 0 Å². The number of carboxylic acids is 1. The highest BCUT2D eigenvalue weighted by atomic mass is 19.1. The number of rotatable bonds is 5. The van der Waals surface area contributed by atoms with Crippen molar-refractivity contribution in [2.75, 3.05) is 11.9 Å². The number of aromatic nitrogens is 2. The minimum Gasteiger partial charge on any atom is -0.475 e. The van der Waals surface area contributed by atoms with Gasteiger partial charge in [0, 0.05) is 11.5 Å². The topological polar surface area (TPSA) is 95.3 Å². The van der Waals surface area contributed by atoms with E-state index in [0.717, 1.165) is 0 Å². The molecule has 0 fully saturated rings. The summed E-state index contributed by atoms with van der Waals surface area (Å²) in [5.74, 6) is -1.64. The van der Waals surface area contributed by atoms with Crippen molar-refractivity contribution in [1.29, 1.82) is 0 Å². The number of aromatic carboxylic acids is 1. The van der Waals surface area contributed by atoms with Crippen LogP contribution in [0.15, 0.2) is 30.3 Å². The Bertz CT molecular complexity index is 727. The molecule has 0 saturated heterocycles. The molecular weight excluding hydrogens is 313 g/mol. The molecule has 1 unspecified atom stereocenters. The lowest BCUT2D eigenvalue weighted by atomic mass is 9.92. The van der Waals surface area contributed by atoms with Crippen LogP contribution in [-0.4, -0.2) is 32.8 Å². The van der Waals surface area contributed by atoms with E-state index in [1.54, 1.807) is 18.2 Å². The van der Waals surface area contributed by atoms with Crippen LogP contribution in [-0.2, 0) is 5.41 Å². The Morgan fingerprint density at radius 2 is 1.88 bits per heavy atom. The third-order valence-electron chi connectivity index (χ3n) is 3.46. The summed E-state index contributed by atoms with van der Waals surface area (Å²) in [4.78, 5) is 19.3. The molecular formula is C17H20FN3O3. The SMILES string of the molecule is CC(C)(C)c1cc(NC(CO)c2ccc(F)cc2)nc(C(=O)O)n1. The molecule has 6 nitrogen and oxygen atoms in total. The lowest BCUT2D eigenvalue weighted by molar-refractivity contribution is 0.0683. The van der Waals surface area contributed by atoms with Gasteiger partial charge < -0.3 is 15.5 Å². The molecule has 1 aromatic carbocycles. The van der Waals surface area contributed by atoms with Gasteiger partial charge in [0.1, 0.15) is 11.6 Å². The molecule has 128 valence electrons. The van der Waals surface area contributed by atoms with E-state index in [1.165, 1.54) is 12.1 Å². The van der Waals surface area contributed by atoms with E-state index in [0.29, 0.717) is 11.3 Å². The zero-order valence-corrected chi connectivity index (χ0v) is 13.7. The minimum atomic E-state index is -1.23. The molecule has 7 heteroatoms. The Kier molecular flexibility index (Phi) is 5.14. The third-order valence-corrected chi connectivity index (χ3v) is 3.46. The molecule has 0 saturated carbocycles. The Hall–Kier alpha value is -2.54. The Morgan fingerprint density at radius 1 is 1.25 bits per heavy atom. The molecule has 0 spiro atoms. The summed E-state index contributed by atoms with van der Waals surface area (Å²) in [6.07, 6.45) is 0. The van der Waals surface area contributed by atoms with E-state index in [-0.39, 0.29) is 29.5 Å². The molecule has 2 rings (SSSR count). The maximum atomic E-state index is 13.0. The van der Waals surface area contributed by atoms with Crippen LogP contribution in [0.5, 0.6) is 0 Å². The van der Waals surface area contributed by atoms with E-state index in [1.807, 2.05) is 20.8 Å². The Morgan fingerprint density at radius 3 is 2.38 bits per heavy atom. The molecule has 0 bridgehead atoms. The number of nitrogens with one attached hydrogen (secondary N) is 1. The van der Waals surface area contributed by atoms with Crippen LogP contribution in [0, 0.1) is 5.82 Å².